The normalized spacial score (nSPS) is 11.7. The minimum absolute atomic E-state index is 0.152. The Balaban J connectivity index is 1.67. The van der Waals surface area contributed by atoms with Crippen LogP contribution in [0.1, 0.15) is 18.4 Å². The topological polar surface area (TPSA) is 55.8 Å². The molecule has 0 saturated carbocycles. The van der Waals surface area contributed by atoms with Crippen LogP contribution in [0, 0.1) is 0 Å². The quantitative estimate of drug-likeness (QED) is 0.723. The Morgan fingerprint density at radius 3 is 2.35 bits per heavy atom. The smallest absolute Gasteiger partial charge is 0.165 e. The molecule has 0 aliphatic rings. The van der Waals surface area contributed by atoms with E-state index in [0.717, 1.165) is 17.1 Å². The van der Waals surface area contributed by atoms with E-state index in [4.69, 9.17) is 9.47 Å². The molecule has 0 unspecified atom stereocenters. The predicted molar refractivity (Wildman–Crippen MR) is 88.9 cm³/mol. The fourth-order valence-corrected chi connectivity index (χ4v) is 2.21. The van der Waals surface area contributed by atoms with Gasteiger partial charge in [0.25, 0.3) is 0 Å². The molecule has 4 nitrogen and oxygen atoms in total. The Morgan fingerprint density at radius 2 is 1.70 bits per heavy atom. The van der Waals surface area contributed by atoms with Crippen molar-refractivity contribution >= 4 is 5.78 Å². The highest BCUT2D eigenvalue weighted by Crippen LogP contribution is 2.17. The molecule has 0 bridgehead atoms. The van der Waals surface area contributed by atoms with Crippen LogP contribution in [0.15, 0.2) is 54.6 Å². The first kappa shape index (κ1) is 17.0. The first-order valence-corrected chi connectivity index (χ1v) is 7.70. The lowest BCUT2D eigenvalue weighted by molar-refractivity contribution is -0.126. The molecule has 0 saturated heterocycles. The van der Waals surface area contributed by atoms with Crippen molar-refractivity contribution in [2.24, 2.45) is 0 Å². The van der Waals surface area contributed by atoms with Crippen LogP contribution in [0.2, 0.25) is 0 Å². The molecule has 0 fully saturated rings. The highest BCUT2D eigenvalue weighted by atomic mass is 16.5. The van der Waals surface area contributed by atoms with Crippen molar-refractivity contribution in [3.63, 3.8) is 0 Å². The lowest BCUT2D eigenvalue weighted by Gasteiger charge is -2.11. The number of carbonyl (C=O) groups excluding carboxylic acids is 1. The maximum atomic E-state index is 11.9. The third-order valence-electron chi connectivity index (χ3n) is 3.54. The summed E-state index contributed by atoms with van der Waals surface area (Å²) in [6.07, 6.45) is 0.353. The van der Waals surface area contributed by atoms with Crippen molar-refractivity contribution in [3.8, 4) is 11.5 Å². The average Bonchev–Trinajstić information content (AvgIpc) is 2.60. The van der Waals surface area contributed by atoms with Crippen LogP contribution in [0.25, 0.3) is 0 Å². The van der Waals surface area contributed by atoms with E-state index in [-0.39, 0.29) is 12.2 Å². The molecule has 0 spiro atoms. The molecule has 1 atom stereocenters. The molecular weight excluding hydrogens is 292 g/mol. The molecule has 0 heterocycles. The van der Waals surface area contributed by atoms with E-state index in [1.807, 2.05) is 54.6 Å². The van der Waals surface area contributed by atoms with E-state index in [9.17, 15) is 9.90 Å². The Hall–Kier alpha value is -2.33. The van der Waals surface area contributed by atoms with E-state index < -0.39 is 6.10 Å². The van der Waals surface area contributed by atoms with Gasteiger partial charge in [-0.2, -0.15) is 0 Å². The standard InChI is InChI=1S/C19H22O4/c1-22-16-9-11-17(12-10-16)23-13-5-8-18(20)19(21)14-15-6-3-2-4-7-15/h2-4,6-7,9-12,18,20H,5,8,13-14H2,1H3/t18-/m0/s1. The number of benzene rings is 2. The van der Waals surface area contributed by atoms with E-state index in [0.29, 0.717) is 19.4 Å². The lowest BCUT2D eigenvalue weighted by Crippen LogP contribution is -2.22. The van der Waals surface area contributed by atoms with Crippen LogP contribution in [0.3, 0.4) is 0 Å². The fourth-order valence-electron chi connectivity index (χ4n) is 2.21. The van der Waals surface area contributed by atoms with Crippen molar-refractivity contribution in [1.82, 2.24) is 0 Å². The molecule has 4 heteroatoms. The second kappa shape index (κ2) is 8.96. The van der Waals surface area contributed by atoms with Gasteiger partial charge in [-0.05, 0) is 42.7 Å². The van der Waals surface area contributed by atoms with Gasteiger partial charge in [-0.3, -0.25) is 4.79 Å². The summed E-state index contributed by atoms with van der Waals surface area (Å²) in [5, 5.41) is 9.92. The maximum absolute atomic E-state index is 11.9. The predicted octanol–water partition coefficient (Wildman–Crippen LogP) is 3.03. The molecule has 1 N–H and O–H groups in total. The molecule has 0 radical (unpaired) electrons. The molecule has 122 valence electrons. The number of hydrogen-bond acceptors (Lipinski definition) is 4. The minimum atomic E-state index is -0.935. The van der Waals surface area contributed by atoms with Gasteiger partial charge in [0, 0.05) is 6.42 Å². The van der Waals surface area contributed by atoms with Gasteiger partial charge in [0.1, 0.15) is 17.6 Å². The highest BCUT2D eigenvalue weighted by molar-refractivity contribution is 5.84. The summed E-state index contributed by atoms with van der Waals surface area (Å²) in [4.78, 5) is 11.9. The number of Topliss-reactive ketones (excluding diaryl/α,β-unsaturated/α-hetero) is 1. The van der Waals surface area contributed by atoms with Crippen LogP contribution in [0.4, 0.5) is 0 Å². The van der Waals surface area contributed by atoms with Crippen LogP contribution in [-0.4, -0.2) is 30.7 Å². The molecule has 2 aromatic rings. The van der Waals surface area contributed by atoms with Crippen LogP contribution in [-0.2, 0) is 11.2 Å². The van der Waals surface area contributed by atoms with Crippen molar-refractivity contribution < 1.29 is 19.4 Å². The molecular formula is C19H22O4. The third kappa shape index (κ3) is 5.75. The van der Waals surface area contributed by atoms with Crippen LogP contribution in [0.5, 0.6) is 11.5 Å². The van der Waals surface area contributed by atoms with Crippen LogP contribution < -0.4 is 9.47 Å². The SMILES string of the molecule is COc1ccc(OCCC[C@H](O)C(=O)Cc2ccccc2)cc1. The zero-order valence-electron chi connectivity index (χ0n) is 13.3. The van der Waals surface area contributed by atoms with Crippen molar-refractivity contribution in [1.29, 1.82) is 0 Å². The first-order valence-electron chi connectivity index (χ1n) is 7.70. The first-order chi connectivity index (χ1) is 11.2. The fraction of sp³-hybridized carbons (Fsp3) is 0.316. The molecule has 23 heavy (non-hydrogen) atoms. The minimum Gasteiger partial charge on any atom is -0.497 e. The van der Waals surface area contributed by atoms with E-state index in [1.165, 1.54) is 0 Å². The number of hydrogen-bond donors (Lipinski definition) is 1. The Labute approximate surface area is 136 Å². The van der Waals surface area contributed by atoms with Gasteiger partial charge in [-0.25, -0.2) is 0 Å². The second-order valence-corrected chi connectivity index (χ2v) is 5.31. The summed E-state index contributed by atoms with van der Waals surface area (Å²) in [5.74, 6) is 1.37. The molecule has 0 amide bonds. The largest absolute Gasteiger partial charge is 0.497 e. The van der Waals surface area contributed by atoms with Gasteiger partial charge in [-0.15, -0.1) is 0 Å². The maximum Gasteiger partial charge on any atom is 0.165 e. The number of ketones is 1. The number of rotatable bonds is 9. The van der Waals surface area contributed by atoms with E-state index >= 15 is 0 Å². The highest BCUT2D eigenvalue weighted by Gasteiger charge is 2.15. The van der Waals surface area contributed by atoms with Gasteiger partial charge in [0.2, 0.25) is 0 Å². The summed E-state index contributed by atoms with van der Waals surface area (Å²) in [7, 11) is 1.61. The van der Waals surface area contributed by atoms with Gasteiger partial charge < -0.3 is 14.6 Å². The summed E-state index contributed by atoms with van der Waals surface area (Å²) in [6, 6.07) is 16.8. The lowest BCUT2D eigenvalue weighted by atomic mass is 10.0. The molecule has 2 aromatic carbocycles. The Bertz CT molecular complexity index is 593. The monoisotopic (exact) mass is 314 g/mol. The average molecular weight is 314 g/mol. The van der Waals surface area contributed by atoms with E-state index in [1.54, 1.807) is 7.11 Å². The van der Waals surface area contributed by atoms with Gasteiger partial charge in [0.05, 0.1) is 13.7 Å². The van der Waals surface area contributed by atoms with Crippen molar-refractivity contribution in [2.75, 3.05) is 13.7 Å². The Kier molecular flexibility index (Phi) is 6.63. The number of aliphatic hydroxyl groups excluding tert-OH is 1. The summed E-state index contributed by atoms with van der Waals surface area (Å²) < 4.78 is 10.7. The van der Waals surface area contributed by atoms with Gasteiger partial charge in [0.15, 0.2) is 5.78 Å². The van der Waals surface area contributed by atoms with Gasteiger partial charge >= 0.3 is 0 Å². The van der Waals surface area contributed by atoms with Crippen molar-refractivity contribution in [3.05, 3.63) is 60.2 Å². The summed E-state index contributed by atoms with van der Waals surface area (Å²) in [5.41, 5.74) is 0.922. The number of carbonyl (C=O) groups is 1. The zero-order chi connectivity index (χ0) is 16.5. The second-order valence-electron chi connectivity index (χ2n) is 5.31. The molecule has 0 aliphatic heterocycles. The Morgan fingerprint density at radius 1 is 1.04 bits per heavy atom. The summed E-state index contributed by atoms with van der Waals surface area (Å²) in [6.45, 7) is 0.460. The number of ether oxygens (including phenoxy) is 2. The molecule has 0 aliphatic carbocycles. The van der Waals surface area contributed by atoms with Gasteiger partial charge in [-0.1, -0.05) is 30.3 Å². The third-order valence-corrected chi connectivity index (χ3v) is 3.54. The molecule has 0 aromatic heterocycles. The number of methoxy groups -OCH3 is 1. The van der Waals surface area contributed by atoms with Crippen LogP contribution >= 0.6 is 0 Å². The summed E-state index contributed by atoms with van der Waals surface area (Å²) >= 11 is 0. The van der Waals surface area contributed by atoms with Crippen molar-refractivity contribution in [2.45, 2.75) is 25.4 Å². The number of aliphatic hydroxyl groups is 1. The van der Waals surface area contributed by atoms with E-state index in [2.05, 4.69) is 0 Å². The molecule has 2 rings (SSSR count). The zero-order valence-corrected chi connectivity index (χ0v) is 13.3.